The number of ether oxygens (including phenoxy) is 4. The van der Waals surface area contributed by atoms with Gasteiger partial charge in [0.2, 0.25) is 5.91 Å². The van der Waals surface area contributed by atoms with Crippen LogP contribution in [0.3, 0.4) is 0 Å². The van der Waals surface area contributed by atoms with Crippen LogP contribution in [0.2, 0.25) is 0 Å². The molecule has 1 N–H and O–H groups in total. The van der Waals surface area contributed by atoms with Crippen LogP contribution in [-0.4, -0.2) is 72.1 Å². The fraction of sp³-hybridized carbons (Fsp3) is 0.818. The van der Waals surface area contributed by atoms with Crippen molar-refractivity contribution < 1.29 is 28.5 Å². The summed E-state index contributed by atoms with van der Waals surface area (Å²) in [6.07, 6.45) is 0.696. The minimum absolute atomic E-state index is 0.0461. The minimum atomic E-state index is -0.159. The van der Waals surface area contributed by atoms with E-state index < -0.39 is 0 Å². The van der Waals surface area contributed by atoms with Crippen molar-refractivity contribution in [3.05, 3.63) is 0 Å². The highest BCUT2D eigenvalue weighted by Gasteiger charge is 1.96. The van der Waals surface area contributed by atoms with Gasteiger partial charge in [-0.25, -0.2) is 0 Å². The molecule has 0 fully saturated rings. The molecular weight excluding hydrogens is 242 g/mol. The van der Waals surface area contributed by atoms with Crippen LogP contribution in [0.5, 0.6) is 0 Å². The zero-order chi connectivity index (χ0) is 13.5. The summed E-state index contributed by atoms with van der Waals surface area (Å²) >= 11 is 0. The second-order valence-corrected chi connectivity index (χ2v) is 3.19. The first-order valence-corrected chi connectivity index (χ1v) is 5.76. The number of amides is 1. The molecule has 0 rings (SSSR count). The quantitative estimate of drug-likeness (QED) is 0.339. The number of hydrogen-bond donors (Lipinski definition) is 1. The minimum Gasteiger partial charge on any atom is -0.377 e. The number of carbonyl (C=O) groups is 2. The van der Waals surface area contributed by atoms with Gasteiger partial charge in [0.25, 0.3) is 0 Å². The molecule has 0 aromatic rings. The Bertz CT molecular complexity index is 212. The van der Waals surface area contributed by atoms with Crippen molar-refractivity contribution in [2.24, 2.45) is 0 Å². The van der Waals surface area contributed by atoms with Crippen molar-refractivity contribution >= 4 is 12.2 Å². The Morgan fingerprint density at radius 2 is 1.44 bits per heavy atom. The van der Waals surface area contributed by atoms with Gasteiger partial charge >= 0.3 is 0 Å². The third-order valence-electron chi connectivity index (χ3n) is 1.81. The summed E-state index contributed by atoms with van der Waals surface area (Å²) in [5, 5.41) is 2.45. The fourth-order valence-corrected chi connectivity index (χ4v) is 0.926. The van der Waals surface area contributed by atoms with Gasteiger partial charge in [-0.05, 0) is 0 Å². The Hall–Kier alpha value is -1.02. The number of rotatable bonds is 13. The smallest absolute Gasteiger partial charge is 0.245 e. The van der Waals surface area contributed by atoms with Crippen molar-refractivity contribution in [1.29, 1.82) is 0 Å². The lowest BCUT2D eigenvalue weighted by Crippen LogP contribution is -2.24. The lowest BCUT2D eigenvalue weighted by atomic mass is 10.6. The van der Waals surface area contributed by atoms with Crippen LogP contribution in [0.1, 0.15) is 0 Å². The van der Waals surface area contributed by atoms with Gasteiger partial charge in [-0.2, -0.15) is 0 Å². The van der Waals surface area contributed by atoms with Crippen molar-refractivity contribution in [2.75, 3.05) is 59.9 Å². The van der Waals surface area contributed by atoms with E-state index in [0.717, 1.165) is 0 Å². The molecule has 7 heteroatoms. The van der Waals surface area contributed by atoms with E-state index in [1.807, 2.05) is 0 Å². The Morgan fingerprint density at radius 1 is 0.944 bits per heavy atom. The maximum atomic E-state index is 10.8. The summed E-state index contributed by atoms with van der Waals surface area (Å²) < 4.78 is 20.3. The van der Waals surface area contributed by atoms with E-state index in [1.165, 1.54) is 0 Å². The Labute approximate surface area is 107 Å². The zero-order valence-electron chi connectivity index (χ0n) is 10.7. The van der Waals surface area contributed by atoms with Crippen LogP contribution in [0.15, 0.2) is 0 Å². The van der Waals surface area contributed by atoms with E-state index in [0.29, 0.717) is 45.9 Å². The summed E-state index contributed by atoms with van der Waals surface area (Å²) in [7, 11) is 1.55. The second kappa shape index (κ2) is 14.0. The summed E-state index contributed by atoms with van der Waals surface area (Å²) in [6.45, 7) is 2.68. The molecule has 0 bridgehead atoms. The highest BCUT2D eigenvalue weighted by atomic mass is 16.6. The lowest BCUT2D eigenvalue weighted by molar-refractivity contribution is -0.125. The molecule has 0 atom stereocenters. The number of hydrogen-bond acceptors (Lipinski definition) is 6. The number of aldehydes is 1. The molecule has 0 aliphatic heterocycles. The first-order valence-electron chi connectivity index (χ1n) is 5.76. The average molecular weight is 263 g/mol. The van der Waals surface area contributed by atoms with Crippen molar-refractivity contribution in [1.82, 2.24) is 5.32 Å². The molecule has 106 valence electrons. The molecule has 0 aromatic carbocycles. The van der Waals surface area contributed by atoms with Gasteiger partial charge in [0.05, 0.1) is 39.6 Å². The maximum absolute atomic E-state index is 10.8. The molecule has 0 saturated heterocycles. The molecule has 18 heavy (non-hydrogen) atoms. The molecule has 0 heterocycles. The molecule has 1 amide bonds. The molecule has 7 nitrogen and oxygen atoms in total. The van der Waals surface area contributed by atoms with Crippen LogP contribution in [0.25, 0.3) is 0 Å². The molecule has 0 unspecified atom stereocenters. The van der Waals surface area contributed by atoms with Gasteiger partial charge in [-0.15, -0.1) is 0 Å². The summed E-state index contributed by atoms with van der Waals surface area (Å²) in [5.74, 6) is -0.159. The monoisotopic (exact) mass is 263 g/mol. The van der Waals surface area contributed by atoms with E-state index in [1.54, 1.807) is 7.05 Å². The van der Waals surface area contributed by atoms with Gasteiger partial charge in [-0.1, -0.05) is 0 Å². The van der Waals surface area contributed by atoms with Crippen molar-refractivity contribution in [3.63, 3.8) is 0 Å². The molecule has 0 aromatic heterocycles. The molecule has 0 aliphatic carbocycles. The molecule has 0 radical (unpaired) electrons. The highest BCUT2D eigenvalue weighted by Crippen LogP contribution is 1.82. The SMILES string of the molecule is CNC(=O)COCCOCCOCCOCC=O. The second-order valence-electron chi connectivity index (χ2n) is 3.19. The van der Waals surface area contributed by atoms with Crippen LogP contribution in [-0.2, 0) is 28.5 Å². The number of nitrogens with one attached hydrogen (secondary N) is 1. The van der Waals surface area contributed by atoms with Gasteiger partial charge in [-0.3, -0.25) is 4.79 Å². The summed E-state index contributed by atoms with van der Waals surface area (Å²) in [5.41, 5.74) is 0. The lowest BCUT2D eigenvalue weighted by Gasteiger charge is -2.06. The van der Waals surface area contributed by atoms with Crippen molar-refractivity contribution in [3.8, 4) is 0 Å². The molecule has 0 aliphatic rings. The number of carbonyl (C=O) groups excluding carboxylic acids is 2. The normalized spacial score (nSPS) is 10.3. The van der Waals surface area contributed by atoms with Gasteiger partial charge in [0, 0.05) is 7.05 Å². The van der Waals surface area contributed by atoms with Crippen LogP contribution >= 0.6 is 0 Å². The Kier molecular flexibility index (Phi) is 13.2. The predicted molar refractivity (Wildman–Crippen MR) is 63.4 cm³/mol. The maximum Gasteiger partial charge on any atom is 0.245 e. The van der Waals surface area contributed by atoms with Gasteiger partial charge in [0.15, 0.2) is 0 Å². The fourth-order valence-electron chi connectivity index (χ4n) is 0.926. The van der Waals surface area contributed by atoms with Crippen LogP contribution in [0, 0.1) is 0 Å². The summed E-state index contributed by atoms with van der Waals surface area (Å²) in [4.78, 5) is 20.7. The number of likely N-dealkylation sites (N-methyl/N-ethyl adjacent to an activating group) is 1. The zero-order valence-corrected chi connectivity index (χ0v) is 10.7. The Morgan fingerprint density at radius 3 is 1.94 bits per heavy atom. The highest BCUT2D eigenvalue weighted by molar-refractivity contribution is 5.76. The first-order chi connectivity index (χ1) is 8.81. The Balaban J connectivity index is 2.98. The van der Waals surface area contributed by atoms with Crippen LogP contribution < -0.4 is 5.32 Å². The summed E-state index contributed by atoms with van der Waals surface area (Å²) in [6, 6.07) is 0. The van der Waals surface area contributed by atoms with Crippen LogP contribution in [0.4, 0.5) is 0 Å². The average Bonchev–Trinajstić information content (AvgIpc) is 2.39. The molecular formula is C11H21NO6. The van der Waals surface area contributed by atoms with E-state index in [2.05, 4.69) is 5.32 Å². The largest absolute Gasteiger partial charge is 0.377 e. The molecule has 0 saturated carbocycles. The predicted octanol–water partition coefficient (Wildman–Crippen LogP) is -1.00. The van der Waals surface area contributed by atoms with Gasteiger partial charge < -0.3 is 29.1 Å². The first kappa shape index (κ1) is 17.0. The van der Waals surface area contributed by atoms with E-state index in [-0.39, 0.29) is 19.1 Å². The molecule has 0 spiro atoms. The van der Waals surface area contributed by atoms with Gasteiger partial charge in [0.1, 0.15) is 19.5 Å². The topological polar surface area (TPSA) is 83.1 Å². The standard InChI is InChI=1S/C11H21NO6/c1-12-11(14)10-18-9-8-17-7-6-16-5-4-15-3-2-13/h2H,3-10H2,1H3,(H,12,14). The van der Waals surface area contributed by atoms with E-state index in [4.69, 9.17) is 18.9 Å². The van der Waals surface area contributed by atoms with E-state index >= 15 is 0 Å². The van der Waals surface area contributed by atoms with Crippen molar-refractivity contribution in [2.45, 2.75) is 0 Å². The van der Waals surface area contributed by atoms with E-state index in [9.17, 15) is 9.59 Å². The third kappa shape index (κ3) is 13.0. The third-order valence-corrected chi connectivity index (χ3v) is 1.81.